The van der Waals surface area contributed by atoms with Crippen LogP contribution in [-0.4, -0.2) is 11.7 Å². The van der Waals surface area contributed by atoms with Crippen LogP contribution in [-0.2, 0) is 9.59 Å². The van der Waals surface area contributed by atoms with Crippen molar-refractivity contribution in [1.82, 2.24) is 5.32 Å². The van der Waals surface area contributed by atoms with Crippen molar-refractivity contribution in [2.45, 2.75) is 31.6 Å². The number of amides is 1. The number of dihydropyridines is 1. The third-order valence-corrected chi connectivity index (χ3v) is 7.97. The number of halogens is 3. The summed E-state index contributed by atoms with van der Waals surface area (Å²) in [6, 6.07) is 14.8. The van der Waals surface area contributed by atoms with Crippen LogP contribution in [0, 0.1) is 5.82 Å². The van der Waals surface area contributed by atoms with E-state index in [0.717, 1.165) is 10.6 Å². The highest BCUT2D eigenvalue weighted by Crippen LogP contribution is 2.47. The normalized spacial score (nSPS) is 19.9. The molecule has 2 aromatic carbocycles. The Labute approximate surface area is 216 Å². The van der Waals surface area contributed by atoms with Gasteiger partial charge in [0.05, 0.1) is 0 Å². The summed E-state index contributed by atoms with van der Waals surface area (Å²) < 4.78 is 13.7. The van der Waals surface area contributed by atoms with Crippen molar-refractivity contribution in [2.75, 3.05) is 5.32 Å². The third-order valence-electron chi connectivity index (χ3n) is 6.37. The molecule has 0 spiro atoms. The number of thiophene rings is 1. The van der Waals surface area contributed by atoms with Gasteiger partial charge < -0.3 is 10.6 Å². The zero-order chi connectivity index (χ0) is 24.7. The molecule has 0 bridgehead atoms. The maximum Gasteiger partial charge on any atom is 0.254 e. The largest absolute Gasteiger partial charge is 0.362 e. The minimum absolute atomic E-state index is 0.0308. The van der Waals surface area contributed by atoms with Gasteiger partial charge in [-0.1, -0.05) is 41.4 Å². The number of hydrogen-bond acceptors (Lipinski definition) is 4. The zero-order valence-corrected chi connectivity index (χ0v) is 21.0. The molecule has 1 aliphatic heterocycles. The molecule has 8 heteroatoms. The average Bonchev–Trinajstić information content (AvgIpc) is 3.33. The first-order chi connectivity index (χ1) is 16.8. The van der Waals surface area contributed by atoms with E-state index in [-0.39, 0.29) is 11.7 Å². The third kappa shape index (κ3) is 4.66. The van der Waals surface area contributed by atoms with E-state index in [0.29, 0.717) is 51.0 Å². The fourth-order valence-corrected chi connectivity index (χ4v) is 6.22. The molecule has 3 aromatic rings. The molecule has 2 N–H and O–H groups in total. The molecule has 0 fully saturated rings. The summed E-state index contributed by atoms with van der Waals surface area (Å²) in [5, 5.41) is 8.95. The predicted molar refractivity (Wildman–Crippen MR) is 138 cm³/mol. The smallest absolute Gasteiger partial charge is 0.254 e. The van der Waals surface area contributed by atoms with Crippen molar-refractivity contribution in [2.24, 2.45) is 0 Å². The van der Waals surface area contributed by atoms with Crippen molar-refractivity contribution in [1.29, 1.82) is 0 Å². The number of carbonyl (C=O) groups is 2. The van der Waals surface area contributed by atoms with Crippen molar-refractivity contribution in [3.05, 3.63) is 109 Å². The van der Waals surface area contributed by atoms with Crippen LogP contribution in [0.4, 0.5) is 10.1 Å². The molecule has 178 valence electrons. The molecule has 2 heterocycles. The van der Waals surface area contributed by atoms with Crippen LogP contribution in [0.1, 0.15) is 42.0 Å². The van der Waals surface area contributed by atoms with Crippen LogP contribution in [0.5, 0.6) is 0 Å². The van der Waals surface area contributed by atoms with E-state index in [1.54, 1.807) is 42.5 Å². The summed E-state index contributed by atoms with van der Waals surface area (Å²) in [5.74, 6) is -1.53. The fourth-order valence-electron chi connectivity index (χ4n) is 4.88. The first-order valence-corrected chi connectivity index (χ1v) is 12.7. The Kier molecular flexibility index (Phi) is 6.53. The minimum Gasteiger partial charge on any atom is -0.362 e. The van der Waals surface area contributed by atoms with E-state index in [2.05, 4.69) is 10.6 Å². The van der Waals surface area contributed by atoms with Gasteiger partial charge in [-0.15, -0.1) is 11.3 Å². The predicted octanol–water partition coefficient (Wildman–Crippen LogP) is 7.19. The van der Waals surface area contributed by atoms with Gasteiger partial charge in [0, 0.05) is 61.4 Å². The van der Waals surface area contributed by atoms with E-state index in [4.69, 9.17) is 23.2 Å². The lowest BCUT2D eigenvalue weighted by molar-refractivity contribution is -0.116. The van der Waals surface area contributed by atoms with Crippen molar-refractivity contribution < 1.29 is 14.0 Å². The van der Waals surface area contributed by atoms with Crippen LogP contribution in [0.25, 0.3) is 0 Å². The second-order valence-corrected chi connectivity index (χ2v) is 10.5. The molecule has 1 amide bonds. The minimum atomic E-state index is -0.679. The van der Waals surface area contributed by atoms with Gasteiger partial charge in [0.25, 0.3) is 5.91 Å². The van der Waals surface area contributed by atoms with Gasteiger partial charge in [0.15, 0.2) is 5.78 Å². The maximum atomic E-state index is 13.7. The number of nitrogens with one attached hydrogen (secondary N) is 2. The lowest BCUT2D eigenvalue weighted by Crippen LogP contribution is -2.37. The number of ketones is 1. The molecule has 1 aromatic heterocycles. The Morgan fingerprint density at radius 3 is 2.66 bits per heavy atom. The SMILES string of the molecule is CC1=C(C(=O)Nc2cccc(F)c2)C(c2ccc(Cl)cc2Cl)C2=C(CC(c3cccs3)CC2=O)N1. The van der Waals surface area contributed by atoms with Crippen LogP contribution in [0.2, 0.25) is 10.0 Å². The van der Waals surface area contributed by atoms with E-state index in [1.807, 2.05) is 17.5 Å². The second kappa shape index (κ2) is 9.61. The number of allylic oxidation sites excluding steroid dienone is 3. The zero-order valence-electron chi connectivity index (χ0n) is 18.7. The quantitative estimate of drug-likeness (QED) is 0.378. The van der Waals surface area contributed by atoms with Gasteiger partial charge in [0.2, 0.25) is 0 Å². The molecule has 2 unspecified atom stereocenters. The molecule has 0 radical (unpaired) electrons. The highest BCUT2D eigenvalue weighted by atomic mass is 35.5. The van der Waals surface area contributed by atoms with E-state index >= 15 is 0 Å². The second-order valence-electron chi connectivity index (χ2n) is 8.66. The molecule has 2 atom stereocenters. The molecule has 0 saturated heterocycles. The maximum absolute atomic E-state index is 13.7. The number of carbonyl (C=O) groups excluding carboxylic acids is 2. The standard InChI is InChI=1S/C27H21Cl2FN2O2S/c1-14-24(27(34)32-18-5-2-4-17(30)13-18)25(19-8-7-16(28)12-20(19)29)26-21(31-14)10-15(11-22(26)33)23-6-3-9-35-23/h2-9,12-13,15,25,31H,10-11H2,1H3,(H,32,34). The first kappa shape index (κ1) is 23.8. The number of benzene rings is 2. The van der Waals surface area contributed by atoms with Crippen molar-refractivity contribution in [3.8, 4) is 0 Å². The Bertz CT molecular complexity index is 1400. The molecule has 1 aliphatic carbocycles. The Balaban J connectivity index is 1.60. The van der Waals surface area contributed by atoms with Crippen LogP contribution in [0.3, 0.4) is 0 Å². The molecule has 35 heavy (non-hydrogen) atoms. The summed E-state index contributed by atoms with van der Waals surface area (Å²) in [5.41, 5.74) is 3.27. The molecular weight excluding hydrogens is 506 g/mol. The number of Topliss-reactive ketones (excluding diaryl/α,β-unsaturated/α-hetero) is 1. The average molecular weight is 527 g/mol. The summed E-state index contributed by atoms with van der Waals surface area (Å²) in [6.07, 6.45) is 1.00. The first-order valence-electron chi connectivity index (χ1n) is 11.1. The van der Waals surface area contributed by atoms with Crippen molar-refractivity contribution >= 4 is 51.9 Å². The van der Waals surface area contributed by atoms with Gasteiger partial charge in [-0.05, 0) is 60.7 Å². The highest BCUT2D eigenvalue weighted by molar-refractivity contribution is 7.10. The lowest BCUT2D eigenvalue weighted by atomic mass is 9.72. The number of rotatable bonds is 4. The van der Waals surface area contributed by atoms with E-state index in [1.165, 1.54) is 18.2 Å². The summed E-state index contributed by atoms with van der Waals surface area (Å²) in [7, 11) is 0. The molecular formula is C27H21Cl2FN2O2S. The Morgan fingerprint density at radius 1 is 1.11 bits per heavy atom. The van der Waals surface area contributed by atoms with Crippen LogP contribution >= 0.6 is 34.5 Å². The monoisotopic (exact) mass is 526 g/mol. The molecule has 5 rings (SSSR count). The molecule has 2 aliphatic rings. The van der Waals surface area contributed by atoms with Crippen molar-refractivity contribution in [3.63, 3.8) is 0 Å². The van der Waals surface area contributed by atoms with E-state index < -0.39 is 17.6 Å². The summed E-state index contributed by atoms with van der Waals surface area (Å²) >= 11 is 14.4. The lowest BCUT2D eigenvalue weighted by Gasteiger charge is -2.37. The molecule has 4 nitrogen and oxygen atoms in total. The fraction of sp³-hybridized carbons (Fsp3) is 0.185. The van der Waals surface area contributed by atoms with Gasteiger partial charge in [0.1, 0.15) is 5.82 Å². The summed E-state index contributed by atoms with van der Waals surface area (Å²) in [6.45, 7) is 1.81. The van der Waals surface area contributed by atoms with Crippen LogP contribution < -0.4 is 10.6 Å². The summed E-state index contributed by atoms with van der Waals surface area (Å²) in [4.78, 5) is 28.3. The Hall–Kier alpha value is -2.93. The van der Waals surface area contributed by atoms with Gasteiger partial charge in [-0.3, -0.25) is 9.59 Å². The topological polar surface area (TPSA) is 58.2 Å². The van der Waals surface area contributed by atoms with Gasteiger partial charge in [-0.2, -0.15) is 0 Å². The van der Waals surface area contributed by atoms with Gasteiger partial charge >= 0.3 is 0 Å². The van der Waals surface area contributed by atoms with Crippen LogP contribution in [0.15, 0.2) is 82.5 Å². The molecule has 0 saturated carbocycles. The van der Waals surface area contributed by atoms with E-state index in [9.17, 15) is 14.0 Å². The highest BCUT2D eigenvalue weighted by Gasteiger charge is 2.41. The van der Waals surface area contributed by atoms with Gasteiger partial charge in [-0.25, -0.2) is 4.39 Å². The Morgan fingerprint density at radius 2 is 1.94 bits per heavy atom. The number of hydrogen-bond donors (Lipinski definition) is 2. The number of anilines is 1.